The van der Waals surface area contributed by atoms with E-state index >= 15 is 0 Å². The number of nitrogens with one attached hydrogen (secondary N) is 1. The highest BCUT2D eigenvalue weighted by Gasteiger charge is 2.42. The molecule has 0 bridgehead atoms. The molecular formula is C30H29FN4O5. The molecule has 0 saturated heterocycles. The standard InChI is InChI=1S/C30H29FN4O5/c1-17(32)29(2)15-39-27-22(29)12-25(35-26(27)18-5-8-20(31)9-6-18)30(3,37)14-34-28(36)19-7-10-21(23(11-19)38-4)24-13-33-16-40-24/h5-13,16,37H,1,14-15,32H2,2-4H3,(H,34,36)/t29-,30+/m1/s1. The van der Waals surface area contributed by atoms with E-state index in [-0.39, 0.29) is 18.8 Å². The number of pyridine rings is 1. The first-order chi connectivity index (χ1) is 19.0. The van der Waals surface area contributed by atoms with Crippen LogP contribution < -0.4 is 20.5 Å². The van der Waals surface area contributed by atoms with Gasteiger partial charge in [0.1, 0.15) is 35.2 Å². The lowest BCUT2D eigenvalue weighted by Gasteiger charge is -2.27. The number of oxazole rings is 1. The number of hydrogen-bond acceptors (Lipinski definition) is 8. The predicted molar refractivity (Wildman–Crippen MR) is 146 cm³/mol. The van der Waals surface area contributed by atoms with Gasteiger partial charge in [-0.3, -0.25) is 4.79 Å². The van der Waals surface area contributed by atoms with Gasteiger partial charge in [0.05, 0.1) is 36.5 Å². The lowest BCUT2D eigenvalue weighted by molar-refractivity contribution is 0.0489. The first-order valence-electron chi connectivity index (χ1n) is 12.5. The molecule has 5 rings (SSSR count). The van der Waals surface area contributed by atoms with E-state index in [1.165, 1.54) is 25.6 Å². The van der Waals surface area contributed by atoms with Crippen LogP contribution in [-0.2, 0) is 11.0 Å². The van der Waals surface area contributed by atoms with Crippen LogP contribution in [0.15, 0.2) is 77.8 Å². The molecule has 0 aliphatic carbocycles. The molecule has 206 valence electrons. The Morgan fingerprint density at radius 1 is 1.27 bits per heavy atom. The first kappa shape index (κ1) is 26.9. The van der Waals surface area contributed by atoms with E-state index in [1.54, 1.807) is 49.5 Å². The number of aromatic nitrogens is 2. The van der Waals surface area contributed by atoms with Crippen LogP contribution in [0.25, 0.3) is 22.6 Å². The third kappa shape index (κ3) is 4.77. The fourth-order valence-corrected chi connectivity index (χ4v) is 4.56. The zero-order chi connectivity index (χ0) is 28.7. The van der Waals surface area contributed by atoms with Crippen LogP contribution in [0.4, 0.5) is 4.39 Å². The van der Waals surface area contributed by atoms with Gasteiger partial charge < -0.3 is 30.0 Å². The fraction of sp³-hybridized carbons (Fsp3) is 0.233. The summed E-state index contributed by atoms with van der Waals surface area (Å²) in [5.74, 6) is 0.608. The highest BCUT2D eigenvalue weighted by molar-refractivity contribution is 5.95. The van der Waals surface area contributed by atoms with Gasteiger partial charge in [-0.1, -0.05) is 6.58 Å². The Bertz CT molecular complexity index is 1580. The monoisotopic (exact) mass is 544 g/mol. The van der Waals surface area contributed by atoms with Gasteiger partial charge in [0.2, 0.25) is 0 Å². The molecule has 0 spiro atoms. The summed E-state index contributed by atoms with van der Waals surface area (Å²) in [7, 11) is 1.49. The normalized spacial score (nSPS) is 17.4. The zero-order valence-corrected chi connectivity index (χ0v) is 22.3. The number of carbonyl (C=O) groups excluding carboxylic acids is 1. The number of hydrogen-bond donors (Lipinski definition) is 3. The van der Waals surface area contributed by atoms with Gasteiger partial charge >= 0.3 is 0 Å². The van der Waals surface area contributed by atoms with Crippen molar-refractivity contribution in [2.24, 2.45) is 5.73 Å². The lowest BCUT2D eigenvalue weighted by atomic mass is 9.80. The van der Waals surface area contributed by atoms with Crippen molar-refractivity contribution < 1.29 is 28.2 Å². The number of amides is 1. The SMILES string of the molecule is C=C(N)[C@@]1(C)COc2c1cc([C@@](C)(O)CNC(=O)c1ccc(-c3cnco3)c(OC)c1)nc2-c1ccc(F)cc1. The number of benzene rings is 2. The molecule has 0 fully saturated rings. The summed E-state index contributed by atoms with van der Waals surface area (Å²) in [6, 6.07) is 12.4. The number of nitrogens with zero attached hydrogens (tertiary/aromatic N) is 2. The van der Waals surface area contributed by atoms with Gasteiger partial charge in [-0.2, -0.15) is 0 Å². The van der Waals surface area contributed by atoms with Crippen LogP contribution in [0, 0.1) is 5.82 Å². The van der Waals surface area contributed by atoms with Gasteiger partial charge in [-0.15, -0.1) is 0 Å². The molecule has 9 nitrogen and oxygen atoms in total. The van der Waals surface area contributed by atoms with Crippen LogP contribution in [-0.4, -0.2) is 41.2 Å². The highest BCUT2D eigenvalue weighted by atomic mass is 19.1. The molecule has 1 aliphatic heterocycles. The van der Waals surface area contributed by atoms with Crippen molar-refractivity contribution in [2.45, 2.75) is 24.9 Å². The summed E-state index contributed by atoms with van der Waals surface area (Å²) in [4.78, 5) is 21.7. The van der Waals surface area contributed by atoms with Crippen molar-refractivity contribution >= 4 is 5.91 Å². The van der Waals surface area contributed by atoms with Crippen LogP contribution in [0.5, 0.6) is 11.5 Å². The van der Waals surface area contributed by atoms with E-state index in [0.29, 0.717) is 50.9 Å². The zero-order valence-electron chi connectivity index (χ0n) is 22.3. The van der Waals surface area contributed by atoms with Crippen LogP contribution >= 0.6 is 0 Å². The minimum absolute atomic E-state index is 0.159. The Labute approximate surface area is 230 Å². The van der Waals surface area contributed by atoms with E-state index < -0.39 is 22.7 Å². The minimum Gasteiger partial charge on any atom is -0.496 e. The minimum atomic E-state index is -1.59. The third-order valence-electron chi connectivity index (χ3n) is 7.21. The van der Waals surface area contributed by atoms with Gasteiger partial charge in [0.25, 0.3) is 5.91 Å². The van der Waals surface area contributed by atoms with Crippen molar-refractivity contribution in [3.8, 4) is 34.1 Å². The Morgan fingerprint density at radius 3 is 2.67 bits per heavy atom. The Balaban J connectivity index is 1.45. The molecule has 0 unspecified atom stereocenters. The van der Waals surface area contributed by atoms with Crippen molar-refractivity contribution in [3.05, 3.63) is 96.0 Å². The number of aliphatic hydroxyl groups is 1. The van der Waals surface area contributed by atoms with Gasteiger partial charge in [0.15, 0.2) is 12.2 Å². The second-order valence-electron chi connectivity index (χ2n) is 10.1. The van der Waals surface area contributed by atoms with E-state index in [0.717, 1.165) is 0 Å². The van der Waals surface area contributed by atoms with E-state index in [4.69, 9.17) is 24.6 Å². The number of halogens is 1. The van der Waals surface area contributed by atoms with Crippen molar-refractivity contribution in [3.63, 3.8) is 0 Å². The highest BCUT2D eigenvalue weighted by Crippen LogP contribution is 2.47. The van der Waals surface area contributed by atoms with Gasteiger partial charge in [0, 0.05) is 22.4 Å². The molecule has 4 aromatic rings. The van der Waals surface area contributed by atoms with E-state index in [9.17, 15) is 14.3 Å². The number of fused-ring (bicyclic) bond motifs is 1. The molecule has 0 radical (unpaired) electrons. The maximum atomic E-state index is 13.7. The van der Waals surface area contributed by atoms with Crippen molar-refractivity contribution in [2.75, 3.05) is 20.3 Å². The molecule has 3 heterocycles. The maximum Gasteiger partial charge on any atom is 0.251 e. The lowest BCUT2D eigenvalue weighted by Crippen LogP contribution is -2.39. The molecule has 10 heteroatoms. The molecule has 0 saturated carbocycles. The van der Waals surface area contributed by atoms with Crippen LogP contribution in [0.1, 0.15) is 35.5 Å². The second kappa shape index (κ2) is 10.1. The molecule has 2 aromatic carbocycles. The third-order valence-corrected chi connectivity index (χ3v) is 7.21. The van der Waals surface area contributed by atoms with Crippen molar-refractivity contribution in [1.82, 2.24) is 15.3 Å². The smallest absolute Gasteiger partial charge is 0.251 e. The largest absolute Gasteiger partial charge is 0.496 e. The van der Waals surface area contributed by atoms with Crippen molar-refractivity contribution in [1.29, 1.82) is 0 Å². The molecule has 2 aromatic heterocycles. The quantitative estimate of drug-likeness (QED) is 0.299. The van der Waals surface area contributed by atoms with Gasteiger partial charge in [-0.25, -0.2) is 14.4 Å². The predicted octanol–water partition coefficient (Wildman–Crippen LogP) is 4.31. The molecule has 2 atom stereocenters. The molecular weight excluding hydrogens is 515 g/mol. The summed E-state index contributed by atoms with van der Waals surface area (Å²) in [5, 5.41) is 14.3. The fourth-order valence-electron chi connectivity index (χ4n) is 4.56. The van der Waals surface area contributed by atoms with Gasteiger partial charge in [-0.05, 0) is 62.4 Å². The van der Waals surface area contributed by atoms with E-state index in [2.05, 4.69) is 16.9 Å². The summed E-state index contributed by atoms with van der Waals surface area (Å²) in [6.07, 6.45) is 2.86. The molecule has 4 N–H and O–H groups in total. The molecule has 1 amide bonds. The molecule has 1 aliphatic rings. The number of rotatable bonds is 8. The Morgan fingerprint density at radius 2 is 2.02 bits per heavy atom. The summed E-state index contributed by atoms with van der Waals surface area (Å²) in [5.41, 5.74) is 7.20. The summed E-state index contributed by atoms with van der Waals surface area (Å²) < 4.78 is 30.4. The average molecular weight is 545 g/mol. The first-order valence-corrected chi connectivity index (χ1v) is 12.5. The maximum absolute atomic E-state index is 13.7. The average Bonchev–Trinajstić information content (AvgIpc) is 3.60. The van der Waals surface area contributed by atoms with Crippen LogP contribution in [0.3, 0.4) is 0 Å². The van der Waals surface area contributed by atoms with Crippen LogP contribution in [0.2, 0.25) is 0 Å². The number of ether oxygens (including phenoxy) is 2. The number of methoxy groups -OCH3 is 1. The second-order valence-corrected chi connectivity index (χ2v) is 10.1. The number of nitrogens with two attached hydrogens (primary N) is 1. The molecule has 40 heavy (non-hydrogen) atoms. The van der Waals surface area contributed by atoms with E-state index in [1.807, 2.05) is 6.92 Å². The Kier molecular flexibility index (Phi) is 6.80. The Hall–Kier alpha value is -4.70. The summed E-state index contributed by atoms with van der Waals surface area (Å²) in [6.45, 7) is 7.46. The summed E-state index contributed by atoms with van der Waals surface area (Å²) >= 11 is 0. The number of carbonyl (C=O) groups is 1. The topological polar surface area (TPSA) is 133 Å².